The molecule has 0 saturated carbocycles. The van der Waals surface area contributed by atoms with Gasteiger partial charge >= 0.3 is 0 Å². The Labute approximate surface area is 102 Å². The minimum absolute atomic E-state index is 0.0260. The standard InChI is InChI=1S/C13H19ClFN/c1-9(2)3-6-12(16)7-10-4-5-11(14)8-13(10)15/h4-5,8-9,12H,3,6-7,16H2,1-2H3. The van der Waals surface area contributed by atoms with Gasteiger partial charge in [0, 0.05) is 11.1 Å². The molecule has 1 atom stereocenters. The van der Waals surface area contributed by atoms with Gasteiger partial charge in [0.2, 0.25) is 0 Å². The van der Waals surface area contributed by atoms with Gasteiger partial charge in [-0.15, -0.1) is 0 Å². The molecule has 1 nitrogen and oxygen atoms in total. The van der Waals surface area contributed by atoms with Crippen molar-refractivity contribution in [3.05, 3.63) is 34.6 Å². The van der Waals surface area contributed by atoms with Gasteiger partial charge in [-0.05, 0) is 42.9 Å². The van der Waals surface area contributed by atoms with Crippen LogP contribution in [-0.2, 0) is 6.42 Å². The van der Waals surface area contributed by atoms with E-state index in [0.29, 0.717) is 22.9 Å². The third kappa shape index (κ3) is 4.50. The van der Waals surface area contributed by atoms with Crippen molar-refractivity contribution in [1.82, 2.24) is 0 Å². The molecule has 3 heteroatoms. The highest BCUT2D eigenvalue weighted by atomic mass is 35.5. The van der Waals surface area contributed by atoms with Crippen LogP contribution < -0.4 is 5.73 Å². The summed E-state index contributed by atoms with van der Waals surface area (Å²) >= 11 is 5.68. The molecule has 1 unspecified atom stereocenters. The van der Waals surface area contributed by atoms with E-state index in [0.717, 1.165) is 12.8 Å². The van der Waals surface area contributed by atoms with E-state index in [2.05, 4.69) is 13.8 Å². The number of hydrogen-bond donors (Lipinski definition) is 1. The molecule has 0 aromatic heterocycles. The van der Waals surface area contributed by atoms with Gasteiger partial charge in [-0.1, -0.05) is 31.5 Å². The highest BCUT2D eigenvalue weighted by Crippen LogP contribution is 2.17. The quantitative estimate of drug-likeness (QED) is 0.837. The van der Waals surface area contributed by atoms with Gasteiger partial charge in [0.25, 0.3) is 0 Å². The molecule has 0 bridgehead atoms. The molecule has 0 radical (unpaired) electrons. The Bertz CT molecular complexity index is 339. The predicted octanol–water partition coefficient (Wildman–Crippen LogP) is 3.79. The molecule has 0 spiro atoms. The Balaban J connectivity index is 2.52. The molecular formula is C13H19ClFN. The summed E-state index contributed by atoms with van der Waals surface area (Å²) < 4.78 is 13.5. The van der Waals surface area contributed by atoms with Crippen molar-refractivity contribution in [2.75, 3.05) is 0 Å². The lowest BCUT2D eigenvalue weighted by Crippen LogP contribution is -2.23. The van der Waals surface area contributed by atoms with Gasteiger partial charge in [0.1, 0.15) is 5.82 Å². The van der Waals surface area contributed by atoms with Gasteiger partial charge in [-0.25, -0.2) is 4.39 Å². The first-order valence-electron chi connectivity index (χ1n) is 5.68. The summed E-state index contributed by atoms with van der Waals surface area (Å²) in [7, 11) is 0. The Morgan fingerprint density at radius 2 is 2.00 bits per heavy atom. The lowest BCUT2D eigenvalue weighted by Gasteiger charge is -2.13. The maximum Gasteiger partial charge on any atom is 0.127 e. The van der Waals surface area contributed by atoms with Gasteiger partial charge in [-0.3, -0.25) is 0 Å². The summed E-state index contributed by atoms with van der Waals surface area (Å²) in [4.78, 5) is 0. The van der Waals surface area contributed by atoms with E-state index in [4.69, 9.17) is 17.3 Å². The first-order chi connectivity index (χ1) is 7.49. The predicted molar refractivity (Wildman–Crippen MR) is 67.2 cm³/mol. The lowest BCUT2D eigenvalue weighted by molar-refractivity contribution is 0.488. The first kappa shape index (κ1) is 13.5. The molecule has 90 valence electrons. The first-order valence-corrected chi connectivity index (χ1v) is 6.06. The summed E-state index contributed by atoms with van der Waals surface area (Å²) in [5.74, 6) is 0.383. The van der Waals surface area contributed by atoms with E-state index in [1.54, 1.807) is 12.1 Å². The molecule has 1 aromatic carbocycles. The van der Waals surface area contributed by atoms with Crippen molar-refractivity contribution in [2.45, 2.75) is 39.2 Å². The average molecular weight is 244 g/mol. The molecule has 0 aliphatic heterocycles. The summed E-state index contributed by atoms with van der Waals surface area (Å²) in [5.41, 5.74) is 6.61. The minimum Gasteiger partial charge on any atom is -0.327 e. The fourth-order valence-electron chi connectivity index (χ4n) is 1.62. The Hall–Kier alpha value is -0.600. The third-order valence-electron chi connectivity index (χ3n) is 2.61. The maximum atomic E-state index is 13.5. The zero-order valence-electron chi connectivity index (χ0n) is 9.84. The molecule has 0 fully saturated rings. The highest BCUT2D eigenvalue weighted by Gasteiger charge is 2.09. The van der Waals surface area contributed by atoms with Crippen LogP contribution in [0, 0.1) is 11.7 Å². The summed E-state index contributed by atoms with van der Waals surface area (Å²) in [6, 6.07) is 4.78. The van der Waals surface area contributed by atoms with Crippen LogP contribution in [0.2, 0.25) is 5.02 Å². The molecule has 16 heavy (non-hydrogen) atoms. The molecule has 0 saturated heterocycles. The molecular weight excluding hydrogens is 225 g/mol. The zero-order valence-corrected chi connectivity index (χ0v) is 10.6. The van der Waals surface area contributed by atoms with Crippen LogP contribution in [-0.4, -0.2) is 6.04 Å². The van der Waals surface area contributed by atoms with Gasteiger partial charge in [0.15, 0.2) is 0 Å². The second-order valence-electron chi connectivity index (χ2n) is 4.67. The van der Waals surface area contributed by atoms with Crippen LogP contribution in [0.4, 0.5) is 4.39 Å². The van der Waals surface area contributed by atoms with Crippen LogP contribution in [0.25, 0.3) is 0 Å². The van der Waals surface area contributed by atoms with E-state index in [-0.39, 0.29) is 11.9 Å². The van der Waals surface area contributed by atoms with Crippen LogP contribution in [0.5, 0.6) is 0 Å². The van der Waals surface area contributed by atoms with Crippen molar-refractivity contribution in [2.24, 2.45) is 11.7 Å². The topological polar surface area (TPSA) is 26.0 Å². The van der Waals surface area contributed by atoms with Gasteiger partial charge in [0.05, 0.1) is 0 Å². The number of hydrogen-bond acceptors (Lipinski definition) is 1. The second-order valence-corrected chi connectivity index (χ2v) is 5.11. The van der Waals surface area contributed by atoms with Crippen LogP contribution in [0.3, 0.4) is 0 Å². The van der Waals surface area contributed by atoms with Crippen molar-refractivity contribution in [3.8, 4) is 0 Å². The van der Waals surface area contributed by atoms with E-state index < -0.39 is 0 Å². The monoisotopic (exact) mass is 243 g/mol. The third-order valence-corrected chi connectivity index (χ3v) is 2.85. The van der Waals surface area contributed by atoms with Gasteiger partial charge < -0.3 is 5.73 Å². The normalized spacial score (nSPS) is 13.1. The summed E-state index contributed by atoms with van der Waals surface area (Å²) in [6.07, 6.45) is 2.59. The smallest absolute Gasteiger partial charge is 0.127 e. The average Bonchev–Trinajstić information content (AvgIpc) is 2.19. The summed E-state index contributed by atoms with van der Waals surface area (Å²) in [5, 5.41) is 0.428. The molecule has 0 aliphatic carbocycles. The minimum atomic E-state index is -0.257. The Kier molecular flexibility index (Phi) is 5.23. The highest BCUT2D eigenvalue weighted by molar-refractivity contribution is 6.30. The van der Waals surface area contributed by atoms with Crippen LogP contribution >= 0.6 is 11.6 Å². The van der Waals surface area contributed by atoms with Crippen molar-refractivity contribution in [1.29, 1.82) is 0 Å². The summed E-state index contributed by atoms with van der Waals surface area (Å²) in [6.45, 7) is 4.32. The molecule has 1 rings (SSSR count). The molecule has 0 aliphatic rings. The maximum absolute atomic E-state index is 13.5. The van der Waals surface area contributed by atoms with Crippen LogP contribution in [0.15, 0.2) is 18.2 Å². The van der Waals surface area contributed by atoms with E-state index in [9.17, 15) is 4.39 Å². The van der Waals surface area contributed by atoms with Gasteiger partial charge in [-0.2, -0.15) is 0 Å². The van der Waals surface area contributed by atoms with Crippen molar-refractivity contribution >= 4 is 11.6 Å². The number of benzene rings is 1. The lowest BCUT2D eigenvalue weighted by atomic mass is 9.98. The van der Waals surface area contributed by atoms with E-state index in [1.807, 2.05) is 0 Å². The Morgan fingerprint density at radius 3 is 2.56 bits per heavy atom. The molecule has 2 N–H and O–H groups in total. The SMILES string of the molecule is CC(C)CCC(N)Cc1ccc(Cl)cc1F. The van der Waals surface area contributed by atoms with E-state index >= 15 is 0 Å². The Morgan fingerprint density at radius 1 is 1.31 bits per heavy atom. The largest absolute Gasteiger partial charge is 0.327 e. The number of rotatable bonds is 5. The molecule has 0 amide bonds. The second kappa shape index (κ2) is 6.21. The molecule has 0 heterocycles. The molecule has 1 aromatic rings. The fourth-order valence-corrected chi connectivity index (χ4v) is 1.78. The number of halogens is 2. The zero-order chi connectivity index (χ0) is 12.1. The fraction of sp³-hybridized carbons (Fsp3) is 0.538. The van der Waals surface area contributed by atoms with E-state index in [1.165, 1.54) is 6.07 Å². The van der Waals surface area contributed by atoms with Crippen molar-refractivity contribution < 1.29 is 4.39 Å². The van der Waals surface area contributed by atoms with Crippen LogP contribution in [0.1, 0.15) is 32.3 Å². The number of nitrogens with two attached hydrogens (primary N) is 1. The van der Waals surface area contributed by atoms with Crippen molar-refractivity contribution in [3.63, 3.8) is 0 Å².